The van der Waals surface area contributed by atoms with Crippen molar-refractivity contribution in [2.45, 2.75) is 33.0 Å². The summed E-state index contributed by atoms with van der Waals surface area (Å²) in [6, 6.07) is 0. The Bertz CT molecular complexity index is 212. The van der Waals surface area contributed by atoms with Crippen LogP contribution in [0.3, 0.4) is 0 Å². The van der Waals surface area contributed by atoms with Crippen molar-refractivity contribution in [3.8, 4) is 0 Å². The van der Waals surface area contributed by atoms with Gasteiger partial charge in [-0.3, -0.25) is 4.79 Å². The SMILES string of the molecule is CC(=O)NCCNCC(O)COCCOC(C)C. The highest BCUT2D eigenvalue weighted by molar-refractivity contribution is 5.72. The molecule has 3 N–H and O–H groups in total. The molecule has 0 aliphatic heterocycles. The number of hydrogen-bond donors (Lipinski definition) is 3. The number of ether oxygens (including phenoxy) is 2. The molecular formula is C12H26N2O4. The zero-order valence-electron chi connectivity index (χ0n) is 11.6. The highest BCUT2D eigenvalue weighted by Crippen LogP contribution is 1.89. The van der Waals surface area contributed by atoms with Gasteiger partial charge in [0.1, 0.15) is 0 Å². The van der Waals surface area contributed by atoms with Crippen LogP contribution in [0, 0.1) is 0 Å². The van der Waals surface area contributed by atoms with E-state index in [4.69, 9.17) is 9.47 Å². The van der Waals surface area contributed by atoms with E-state index < -0.39 is 6.10 Å². The van der Waals surface area contributed by atoms with Crippen LogP contribution >= 0.6 is 0 Å². The molecule has 0 saturated heterocycles. The molecule has 0 heterocycles. The minimum absolute atomic E-state index is 0.0502. The maximum atomic E-state index is 10.6. The summed E-state index contributed by atoms with van der Waals surface area (Å²) in [6.07, 6.45) is -0.338. The monoisotopic (exact) mass is 262 g/mol. The van der Waals surface area contributed by atoms with Crippen LogP contribution in [0.1, 0.15) is 20.8 Å². The molecule has 0 fully saturated rings. The third-order valence-corrected chi connectivity index (χ3v) is 2.04. The lowest BCUT2D eigenvalue weighted by atomic mass is 10.4. The Morgan fingerprint density at radius 1 is 1.28 bits per heavy atom. The van der Waals surface area contributed by atoms with E-state index in [9.17, 15) is 9.90 Å². The van der Waals surface area contributed by atoms with E-state index in [2.05, 4.69) is 10.6 Å². The van der Waals surface area contributed by atoms with Crippen molar-refractivity contribution < 1.29 is 19.4 Å². The second kappa shape index (κ2) is 11.4. The normalized spacial score (nSPS) is 12.7. The zero-order valence-corrected chi connectivity index (χ0v) is 11.6. The number of carbonyl (C=O) groups excluding carboxylic acids is 1. The lowest BCUT2D eigenvalue weighted by Gasteiger charge is -2.13. The van der Waals surface area contributed by atoms with Gasteiger partial charge in [0.2, 0.25) is 5.91 Å². The van der Waals surface area contributed by atoms with E-state index in [1.807, 2.05) is 13.8 Å². The largest absolute Gasteiger partial charge is 0.389 e. The topological polar surface area (TPSA) is 79.8 Å². The summed E-state index contributed by atoms with van der Waals surface area (Å²) < 4.78 is 10.6. The Morgan fingerprint density at radius 3 is 2.61 bits per heavy atom. The highest BCUT2D eigenvalue weighted by atomic mass is 16.5. The number of hydrogen-bond acceptors (Lipinski definition) is 5. The van der Waals surface area contributed by atoms with Gasteiger partial charge < -0.3 is 25.2 Å². The van der Waals surface area contributed by atoms with E-state index in [0.717, 1.165) is 0 Å². The average molecular weight is 262 g/mol. The van der Waals surface area contributed by atoms with Crippen molar-refractivity contribution in [2.75, 3.05) is 39.5 Å². The van der Waals surface area contributed by atoms with Crippen molar-refractivity contribution in [1.82, 2.24) is 10.6 Å². The summed E-state index contributed by atoms with van der Waals surface area (Å²) in [5.41, 5.74) is 0. The summed E-state index contributed by atoms with van der Waals surface area (Å²) >= 11 is 0. The van der Waals surface area contributed by atoms with Crippen molar-refractivity contribution in [3.63, 3.8) is 0 Å². The van der Waals surface area contributed by atoms with E-state index in [1.54, 1.807) is 0 Å². The van der Waals surface area contributed by atoms with Gasteiger partial charge in [0.25, 0.3) is 0 Å². The Kier molecular flexibility index (Phi) is 11.0. The van der Waals surface area contributed by atoms with Crippen LogP contribution in [-0.2, 0) is 14.3 Å². The molecule has 0 aromatic carbocycles. The molecule has 0 aromatic heterocycles. The van der Waals surface area contributed by atoms with Gasteiger partial charge in [0.15, 0.2) is 0 Å². The second-order valence-corrected chi connectivity index (χ2v) is 4.34. The highest BCUT2D eigenvalue weighted by Gasteiger charge is 2.03. The first-order valence-corrected chi connectivity index (χ1v) is 6.35. The van der Waals surface area contributed by atoms with Gasteiger partial charge >= 0.3 is 0 Å². The number of nitrogens with one attached hydrogen (secondary N) is 2. The fraction of sp³-hybridized carbons (Fsp3) is 0.917. The molecule has 0 aliphatic rings. The number of carbonyl (C=O) groups is 1. The van der Waals surface area contributed by atoms with Gasteiger partial charge in [0, 0.05) is 26.6 Å². The summed E-state index contributed by atoms with van der Waals surface area (Å²) in [5.74, 6) is -0.0502. The average Bonchev–Trinajstić information content (AvgIpc) is 2.27. The Balaban J connectivity index is 3.22. The number of aliphatic hydroxyl groups excluding tert-OH is 1. The molecule has 6 nitrogen and oxygen atoms in total. The van der Waals surface area contributed by atoms with Crippen LogP contribution in [0.4, 0.5) is 0 Å². The van der Waals surface area contributed by atoms with E-state index in [1.165, 1.54) is 6.92 Å². The van der Waals surface area contributed by atoms with E-state index in [-0.39, 0.29) is 18.6 Å². The van der Waals surface area contributed by atoms with Crippen LogP contribution in [0.5, 0.6) is 0 Å². The van der Waals surface area contributed by atoms with Crippen LogP contribution in [0.2, 0.25) is 0 Å². The molecule has 1 atom stereocenters. The quantitative estimate of drug-likeness (QED) is 0.438. The minimum atomic E-state index is -0.540. The molecule has 0 aromatic rings. The Morgan fingerprint density at radius 2 is 2.00 bits per heavy atom. The minimum Gasteiger partial charge on any atom is -0.389 e. The lowest BCUT2D eigenvalue weighted by Crippen LogP contribution is -2.36. The molecule has 0 radical (unpaired) electrons. The summed E-state index contributed by atoms with van der Waals surface area (Å²) in [7, 11) is 0. The summed E-state index contributed by atoms with van der Waals surface area (Å²) in [6.45, 7) is 8.36. The van der Waals surface area contributed by atoms with Gasteiger partial charge in [-0.1, -0.05) is 0 Å². The van der Waals surface area contributed by atoms with Gasteiger partial charge in [-0.2, -0.15) is 0 Å². The molecule has 6 heteroatoms. The van der Waals surface area contributed by atoms with Crippen molar-refractivity contribution >= 4 is 5.91 Å². The van der Waals surface area contributed by atoms with Gasteiger partial charge in [-0.15, -0.1) is 0 Å². The maximum absolute atomic E-state index is 10.6. The Labute approximate surface area is 109 Å². The van der Waals surface area contributed by atoms with Crippen molar-refractivity contribution in [2.24, 2.45) is 0 Å². The molecule has 18 heavy (non-hydrogen) atoms. The smallest absolute Gasteiger partial charge is 0.216 e. The molecule has 0 aliphatic carbocycles. The third kappa shape index (κ3) is 13.4. The molecule has 1 amide bonds. The number of aliphatic hydroxyl groups is 1. The van der Waals surface area contributed by atoms with Crippen LogP contribution in [-0.4, -0.2) is 62.7 Å². The van der Waals surface area contributed by atoms with Gasteiger partial charge in [-0.25, -0.2) is 0 Å². The molecule has 0 bridgehead atoms. The first-order chi connectivity index (χ1) is 8.52. The predicted molar refractivity (Wildman–Crippen MR) is 69.5 cm³/mol. The Hall–Kier alpha value is -0.690. The van der Waals surface area contributed by atoms with Crippen LogP contribution < -0.4 is 10.6 Å². The van der Waals surface area contributed by atoms with E-state index >= 15 is 0 Å². The van der Waals surface area contributed by atoms with Gasteiger partial charge in [-0.05, 0) is 13.8 Å². The third-order valence-electron chi connectivity index (χ3n) is 2.04. The molecule has 0 spiro atoms. The fourth-order valence-electron chi connectivity index (χ4n) is 1.22. The first-order valence-electron chi connectivity index (χ1n) is 6.35. The lowest BCUT2D eigenvalue weighted by molar-refractivity contribution is -0.118. The number of rotatable bonds is 11. The first kappa shape index (κ1) is 17.3. The molecule has 1 unspecified atom stereocenters. The second-order valence-electron chi connectivity index (χ2n) is 4.34. The van der Waals surface area contributed by atoms with Gasteiger partial charge in [0.05, 0.1) is 32.0 Å². The van der Waals surface area contributed by atoms with Crippen LogP contribution in [0.15, 0.2) is 0 Å². The van der Waals surface area contributed by atoms with E-state index in [0.29, 0.717) is 32.8 Å². The van der Waals surface area contributed by atoms with Crippen molar-refractivity contribution in [1.29, 1.82) is 0 Å². The maximum Gasteiger partial charge on any atom is 0.216 e. The van der Waals surface area contributed by atoms with Crippen LogP contribution in [0.25, 0.3) is 0 Å². The molecular weight excluding hydrogens is 236 g/mol. The number of amides is 1. The predicted octanol–water partition coefficient (Wildman–Crippen LogP) is -0.485. The molecule has 0 saturated carbocycles. The zero-order chi connectivity index (χ0) is 13.8. The molecule has 0 rings (SSSR count). The fourth-order valence-corrected chi connectivity index (χ4v) is 1.22. The molecule has 108 valence electrons. The summed E-state index contributed by atoms with van der Waals surface area (Å²) in [5, 5.41) is 15.2. The standard InChI is InChI=1S/C12H26N2O4/c1-10(2)18-7-6-17-9-12(16)8-13-4-5-14-11(3)15/h10,12-13,16H,4-9H2,1-3H3,(H,14,15). The summed E-state index contributed by atoms with van der Waals surface area (Å²) in [4.78, 5) is 10.6. The van der Waals surface area contributed by atoms with Crippen molar-refractivity contribution in [3.05, 3.63) is 0 Å².